The number of amides is 1. The average molecular weight is 361 g/mol. The van der Waals surface area contributed by atoms with Gasteiger partial charge in [-0.15, -0.1) is 12.4 Å². The lowest BCUT2D eigenvalue weighted by molar-refractivity contribution is 0.0994. The topological polar surface area (TPSA) is 39.7 Å². The highest BCUT2D eigenvalue weighted by Crippen LogP contribution is 2.38. The summed E-state index contributed by atoms with van der Waals surface area (Å²) in [6.07, 6.45) is 1.79. The van der Waals surface area contributed by atoms with E-state index in [1.54, 1.807) is 11.1 Å². The van der Waals surface area contributed by atoms with Crippen LogP contribution in [0.4, 0.5) is 17.2 Å². The number of hydrogen-bond acceptors (Lipinski definition) is 4. The van der Waals surface area contributed by atoms with Crippen molar-refractivity contribution in [1.82, 2.24) is 9.88 Å². The fraction of sp³-hybridized carbons (Fsp3) is 0.368. The van der Waals surface area contributed by atoms with Gasteiger partial charge < -0.3 is 14.7 Å². The predicted molar refractivity (Wildman–Crippen MR) is 105 cm³/mol. The van der Waals surface area contributed by atoms with Crippen LogP contribution in [-0.2, 0) is 0 Å². The van der Waals surface area contributed by atoms with E-state index in [0.717, 1.165) is 48.9 Å². The van der Waals surface area contributed by atoms with Crippen molar-refractivity contribution in [3.63, 3.8) is 0 Å². The Kier molecular flexibility index (Phi) is 6.39. The van der Waals surface area contributed by atoms with E-state index in [1.807, 2.05) is 43.4 Å². The van der Waals surface area contributed by atoms with Gasteiger partial charge in [0, 0.05) is 26.3 Å². The normalized spacial score (nSPS) is 13.2. The van der Waals surface area contributed by atoms with E-state index >= 15 is 0 Å². The third-order valence-electron chi connectivity index (χ3n) is 4.65. The number of para-hydroxylation sites is 1. The van der Waals surface area contributed by atoms with Crippen molar-refractivity contribution in [2.45, 2.75) is 13.8 Å². The van der Waals surface area contributed by atoms with E-state index in [1.165, 1.54) is 0 Å². The van der Waals surface area contributed by atoms with Crippen molar-refractivity contribution < 1.29 is 4.79 Å². The van der Waals surface area contributed by atoms with Gasteiger partial charge >= 0.3 is 0 Å². The monoisotopic (exact) mass is 360 g/mol. The molecule has 1 aromatic heterocycles. The molecule has 0 radical (unpaired) electrons. The quantitative estimate of drug-likeness (QED) is 0.817. The molecule has 0 aliphatic carbocycles. The highest BCUT2D eigenvalue weighted by atomic mass is 35.5. The number of carbonyl (C=O) groups excluding carboxylic acids is 1. The number of pyridine rings is 1. The molecular weight excluding hydrogens is 336 g/mol. The fourth-order valence-corrected chi connectivity index (χ4v) is 3.16. The zero-order valence-corrected chi connectivity index (χ0v) is 15.8. The van der Waals surface area contributed by atoms with Crippen LogP contribution in [0.15, 0.2) is 42.6 Å². The molecule has 1 aliphatic heterocycles. The van der Waals surface area contributed by atoms with Crippen LogP contribution in [0.1, 0.15) is 24.2 Å². The minimum absolute atomic E-state index is 0. The lowest BCUT2D eigenvalue weighted by atomic mass is 10.1. The van der Waals surface area contributed by atoms with Crippen molar-refractivity contribution in [3.8, 4) is 0 Å². The summed E-state index contributed by atoms with van der Waals surface area (Å²) in [7, 11) is 1.81. The summed E-state index contributed by atoms with van der Waals surface area (Å²) in [5.74, 6) is 0.843. The summed E-state index contributed by atoms with van der Waals surface area (Å²) >= 11 is 0. The minimum Gasteiger partial charge on any atom is -0.323 e. The first kappa shape index (κ1) is 19.2. The number of aromatic nitrogens is 1. The SMILES string of the molecule is CCN(CC)CCN1c2ccccc2C(=O)N(C)c2cccnc21.Cl. The first-order valence-electron chi connectivity index (χ1n) is 8.49. The van der Waals surface area contributed by atoms with Crippen LogP contribution in [0.25, 0.3) is 0 Å². The van der Waals surface area contributed by atoms with Crippen LogP contribution < -0.4 is 9.80 Å². The minimum atomic E-state index is 0. The molecule has 0 saturated carbocycles. The number of benzene rings is 1. The predicted octanol–water partition coefficient (Wildman–Crippen LogP) is 3.57. The highest BCUT2D eigenvalue weighted by Gasteiger charge is 2.29. The number of halogens is 1. The summed E-state index contributed by atoms with van der Waals surface area (Å²) in [5, 5.41) is 0. The number of nitrogens with zero attached hydrogens (tertiary/aromatic N) is 4. The average Bonchev–Trinajstić information content (AvgIpc) is 2.72. The Bertz CT molecular complexity index is 733. The Morgan fingerprint density at radius 1 is 1.04 bits per heavy atom. The molecule has 1 aliphatic rings. The first-order chi connectivity index (χ1) is 11.7. The number of carbonyl (C=O) groups is 1. The zero-order valence-electron chi connectivity index (χ0n) is 15.0. The molecular formula is C19H25ClN4O. The number of anilines is 3. The molecule has 3 rings (SSSR count). The van der Waals surface area contributed by atoms with E-state index in [0.29, 0.717) is 0 Å². The molecule has 0 bridgehead atoms. The lowest BCUT2D eigenvalue weighted by Gasteiger charge is -2.28. The maximum absolute atomic E-state index is 12.9. The second kappa shape index (κ2) is 8.32. The fourth-order valence-electron chi connectivity index (χ4n) is 3.16. The smallest absolute Gasteiger partial charge is 0.260 e. The Hall–Kier alpha value is -2.11. The van der Waals surface area contributed by atoms with Crippen LogP contribution in [0.2, 0.25) is 0 Å². The van der Waals surface area contributed by atoms with Gasteiger partial charge in [0.05, 0.1) is 16.9 Å². The van der Waals surface area contributed by atoms with E-state index in [2.05, 4.69) is 28.6 Å². The Balaban J connectivity index is 0.00000225. The van der Waals surface area contributed by atoms with Gasteiger partial charge in [-0.3, -0.25) is 4.79 Å². The van der Waals surface area contributed by atoms with Crippen molar-refractivity contribution in [2.75, 3.05) is 43.0 Å². The van der Waals surface area contributed by atoms with Gasteiger partial charge in [0.15, 0.2) is 5.82 Å². The standard InChI is InChI=1S/C19H24N4O.ClH/c1-4-22(5-2)13-14-23-16-10-7-6-9-15(16)19(24)21(3)17-11-8-12-20-18(17)23;/h6-12H,4-5,13-14H2,1-3H3;1H. The molecule has 1 aromatic carbocycles. The first-order valence-corrected chi connectivity index (χ1v) is 8.49. The van der Waals surface area contributed by atoms with Crippen molar-refractivity contribution in [1.29, 1.82) is 0 Å². The zero-order chi connectivity index (χ0) is 17.1. The molecule has 5 nitrogen and oxygen atoms in total. The summed E-state index contributed by atoms with van der Waals surface area (Å²) < 4.78 is 0. The van der Waals surface area contributed by atoms with Gasteiger partial charge in [-0.1, -0.05) is 26.0 Å². The largest absolute Gasteiger partial charge is 0.323 e. The molecule has 0 N–H and O–H groups in total. The molecule has 134 valence electrons. The number of fused-ring (bicyclic) bond motifs is 2. The Morgan fingerprint density at radius 2 is 1.72 bits per heavy atom. The highest BCUT2D eigenvalue weighted by molar-refractivity contribution is 6.13. The van der Waals surface area contributed by atoms with E-state index in [4.69, 9.17) is 0 Å². The van der Waals surface area contributed by atoms with Crippen LogP contribution in [0, 0.1) is 0 Å². The Morgan fingerprint density at radius 3 is 2.44 bits per heavy atom. The summed E-state index contributed by atoms with van der Waals surface area (Å²) in [4.78, 5) is 23.7. The summed E-state index contributed by atoms with van der Waals surface area (Å²) in [6.45, 7) is 8.09. The molecule has 0 unspecified atom stereocenters. The number of hydrogen-bond donors (Lipinski definition) is 0. The van der Waals surface area contributed by atoms with Crippen molar-refractivity contribution in [3.05, 3.63) is 48.2 Å². The molecule has 0 atom stereocenters. The van der Waals surface area contributed by atoms with Gasteiger partial charge in [-0.25, -0.2) is 4.98 Å². The van der Waals surface area contributed by atoms with E-state index < -0.39 is 0 Å². The second-order valence-electron chi connectivity index (χ2n) is 5.91. The second-order valence-corrected chi connectivity index (χ2v) is 5.91. The lowest BCUT2D eigenvalue weighted by Crippen LogP contribution is -2.33. The third kappa shape index (κ3) is 3.62. The Labute approximate surface area is 155 Å². The van der Waals surface area contributed by atoms with Gasteiger partial charge in [0.2, 0.25) is 0 Å². The molecule has 0 saturated heterocycles. The van der Waals surface area contributed by atoms with Crippen molar-refractivity contribution in [2.24, 2.45) is 0 Å². The molecule has 6 heteroatoms. The van der Waals surface area contributed by atoms with Crippen molar-refractivity contribution >= 4 is 35.5 Å². The molecule has 1 amide bonds. The van der Waals surface area contributed by atoms with Crippen LogP contribution >= 0.6 is 12.4 Å². The molecule has 2 heterocycles. The van der Waals surface area contributed by atoms with E-state index in [-0.39, 0.29) is 18.3 Å². The molecule has 25 heavy (non-hydrogen) atoms. The van der Waals surface area contributed by atoms with Crippen LogP contribution in [0.5, 0.6) is 0 Å². The van der Waals surface area contributed by atoms with Gasteiger partial charge in [0.1, 0.15) is 0 Å². The summed E-state index contributed by atoms with van der Waals surface area (Å²) in [6, 6.07) is 11.6. The molecule has 2 aromatic rings. The maximum atomic E-state index is 12.9. The molecule has 0 fully saturated rings. The maximum Gasteiger partial charge on any atom is 0.260 e. The van der Waals surface area contributed by atoms with Gasteiger partial charge in [-0.05, 0) is 37.4 Å². The van der Waals surface area contributed by atoms with Crippen LogP contribution in [0.3, 0.4) is 0 Å². The van der Waals surface area contributed by atoms with Gasteiger partial charge in [-0.2, -0.15) is 0 Å². The molecule has 0 spiro atoms. The van der Waals surface area contributed by atoms with E-state index in [9.17, 15) is 4.79 Å². The third-order valence-corrected chi connectivity index (χ3v) is 4.65. The number of likely N-dealkylation sites (N-methyl/N-ethyl adjacent to an activating group) is 1. The van der Waals surface area contributed by atoms with Gasteiger partial charge in [0.25, 0.3) is 5.91 Å². The number of rotatable bonds is 5. The van der Waals surface area contributed by atoms with Crippen LogP contribution in [-0.4, -0.2) is 49.0 Å². The summed E-state index contributed by atoms with van der Waals surface area (Å²) in [5.41, 5.74) is 2.50.